The van der Waals surface area contributed by atoms with Crippen molar-refractivity contribution < 1.29 is 23.0 Å². The van der Waals surface area contributed by atoms with Crippen LogP contribution in [0.15, 0.2) is 60.9 Å². The van der Waals surface area contributed by atoms with Gasteiger partial charge in [0.05, 0.1) is 19.7 Å². The molecule has 35 heavy (non-hydrogen) atoms. The Labute approximate surface area is 200 Å². The summed E-state index contributed by atoms with van der Waals surface area (Å²) in [6, 6.07) is 13.1. The second-order valence-corrected chi connectivity index (χ2v) is 7.56. The lowest BCUT2D eigenvalue weighted by Gasteiger charge is -2.12. The van der Waals surface area contributed by atoms with Crippen molar-refractivity contribution in [3.8, 4) is 11.5 Å². The van der Waals surface area contributed by atoms with Gasteiger partial charge < -0.3 is 25.4 Å². The maximum absolute atomic E-state index is 13.3. The maximum Gasteiger partial charge on any atom is 0.323 e. The fraction of sp³-hybridized carbons (Fsp3) is 0.160. The van der Waals surface area contributed by atoms with Crippen LogP contribution >= 0.6 is 0 Å². The number of rotatable bonds is 8. The largest absolute Gasteiger partial charge is 0.493 e. The molecule has 0 radical (unpaired) electrons. The lowest BCUT2D eigenvalue weighted by molar-refractivity contribution is 0.262. The van der Waals surface area contributed by atoms with Crippen LogP contribution in [0.4, 0.5) is 30.8 Å². The zero-order chi connectivity index (χ0) is 24.8. The first-order valence-electron chi connectivity index (χ1n) is 10.7. The van der Waals surface area contributed by atoms with Gasteiger partial charge in [-0.3, -0.25) is 0 Å². The summed E-state index contributed by atoms with van der Waals surface area (Å²) in [5.41, 5.74) is 2.33. The van der Waals surface area contributed by atoms with Crippen molar-refractivity contribution in [3.05, 3.63) is 78.1 Å². The highest BCUT2D eigenvalue weighted by Crippen LogP contribution is 2.33. The van der Waals surface area contributed by atoms with Crippen molar-refractivity contribution >= 4 is 34.1 Å². The summed E-state index contributed by atoms with van der Waals surface area (Å²) < 4.78 is 37.2. The number of halogens is 2. The minimum atomic E-state index is -0.771. The molecule has 0 atom stereocenters. The molecule has 0 bridgehead atoms. The molecule has 0 aliphatic rings. The molecule has 10 heteroatoms. The van der Waals surface area contributed by atoms with Crippen LogP contribution < -0.4 is 25.4 Å². The highest BCUT2D eigenvalue weighted by Gasteiger charge is 2.11. The van der Waals surface area contributed by atoms with E-state index in [1.165, 1.54) is 6.33 Å². The number of amides is 2. The van der Waals surface area contributed by atoms with E-state index in [0.29, 0.717) is 36.0 Å². The first-order chi connectivity index (χ1) is 16.9. The van der Waals surface area contributed by atoms with Crippen molar-refractivity contribution in [1.82, 2.24) is 9.97 Å². The average molecular weight is 479 g/mol. The smallest absolute Gasteiger partial charge is 0.323 e. The highest BCUT2D eigenvalue weighted by atomic mass is 19.1. The Kier molecular flexibility index (Phi) is 7.20. The van der Waals surface area contributed by atoms with E-state index < -0.39 is 17.7 Å². The molecule has 0 fully saturated rings. The van der Waals surface area contributed by atoms with Crippen LogP contribution in [0.1, 0.15) is 5.56 Å². The quantitative estimate of drug-likeness (QED) is 0.320. The van der Waals surface area contributed by atoms with E-state index in [2.05, 4.69) is 25.9 Å². The lowest BCUT2D eigenvalue weighted by Crippen LogP contribution is -2.19. The average Bonchev–Trinajstić information content (AvgIpc) is 2.83. The van der Waals surface area contributed by atoms with E-state index in [9.17, 15) is 13.6 Å². The summed E-state index contributed by atoms with van der Waals surface area (Å²) in [6.45, 7) is 0.610. The summed E-state index contributed by atoms with van der Waals surface area (Å²) in [5.74, 6) is 0.321. The normalized spacial score (nSPS) is 10.6. The Morgan fingerprint density at radius 2 is 1.51 bits per heavy atom. The summed E-state index contributed by atoms with van der Waals surface area (Å²) >= 11 is 0. The molecule has 1 aromatic heterocycles. The van der Waals surface area contributed by atoms with Gasteiger partial charge >= 0.3 is 6.03 Å². The zero-order valence-electron chi connectivity index (χ0n) is 19.1. The molecule has 2 amide bonds. The monoisotopic (exact) mass is 479 g/mol. The number of carbonyl (C=O) groups is 1. The third kappa shape index (κ3) is 5.91. The van der Waals surface area contributed by atoms with Gasteiger partial charge in [0, 0.05) is 35.4 Å². The van der Waals surface area contributed by atoms with Crippen LogP contribution in [0.3, 0.4) is 0 Å². The van der Waals surface area contributed by atoms with Gasteiger partial charge in [0.1, 0.15) is 23.8 Å². The van der Waals surface area contributed by atoms with Crippen molar-refractivity contribution in [2.45, 2.75) is 6.42 Å². The van der Waals surface area contributed by atoms with E-state index >= 15 is 0 Å². The number of hydrogen-bond acceptors (Lipinski definition) is 6. The number of ether oxygens (including phenoxy) is 2. The zero-order valence-corrected chi connectivity index (χ0v) is 19.1. The second kappa shape index (κ2) is 10.6. The molecule has 8 nitrogen and oxygen atoms in total. The van der Waals surface area contributed by atoms with E-state index in [4.69, 9.17) is 9.47 Å². The topological polar surface area (TPSA) is 97.4 Å². The van der Waals surface area contributed by atoms with Crippen LogP contribution in [0, 0.1) is 11.6 Å². The van der Waals surface area contributed by atoms with Gasteiger partial charge in [0.25, 0.3) is 0 Å². The molecule has 0 aliphatic carbocycles. The van der Waals surface area contributed by atoms with Crippen LogP contribution in [0.2, 0.25) is 0 Å². The van der Waals surface area contributed by atoms with Crippen LogP contribution in [0.25, 0.3) is 10.9 Å². The minimum Gasteiger partial charge on any atom is -0.493 e. The van der Waals surface area contributed by atoms with Crippen LogP contribution in [-0.4, -0.2) is 36.8 Å². The van der Waals surface area contributed by atoms with Gasteiger partial charge in [0.2, 0.25) is 0 Å². The first-order valence-corrected chi connectivity index (χ1v) is 10.7. The van der Waals surface area contributed by atoms with Gasteiger partial charge in [-0.25, -0.2) is 23.5 Å². The van der Waals surface area contributed by atoms with Crippen LogP contribution in [-0.2, 0) is 6.42 Å². The molecule has 0 unspecified atom stereocenters. The molecule has 0 saturated heterocycles. The summed E-state index contributed by atoms with van der Waals surface area (Å²) in [6.07, 6.45) is 2.19. The van der Waals surface area contributed by atoms with Gasteiger partial charge in [-0.1, -0.05) is 12.1 Å². The van der Waals surface area contributed by atoms with Gasteiger partial charge in [-0.15, -0.1) is 0 Å². The number of fused-ring (bicyclic) bond motifs is 1. The standard InChI is InChI=1S/C25H23F2N5O3/c1-34-22-12-20-21(13-23(22)35-2)29-14-30-24(20)28-8-7-15-3-5-18(6-4-15)31-25(33)32-19-10-16(26)9-17(27)11-19/h3-6,9-14H,7-8H2,1-2H3,(H,28,29,30)(H2,31,32,33). The number of carbonyl (C=O) groups excluding carboxylic acids is 1. The van der Waals surface area contributed by atoms with Gasteiger partial charge in [-0.2, -0.15) is 0 Å². The summed E-state index contributed by atoms with van der Waals surface area (Å²) in [4.78, 5) is 20.7. The Hall–Kier alpha value is -4.47. The van der Waals surface area contributed by atoms with Gasteiger partial charge in [-0.05, 0) is 42.3 Å². The molecule has 1 heterocycles. The van der Waals surface area contributed by atoms with E-state index in [1.54, 1.807) is 32.4 Å². The van der Waals surface area contributed by atoms with Crippen molar-refractivity contribution in [2.75, 3.05) is 36.7 Å². The first kappa shape index (κ1) is 23.7. The number of nitrogens with one attached hydrogen (secondary N) is 3. The van der Waals surface area contributed by atoms with Gasteiger partial charge in [0.15, 0.2) is 11.5 Å². The predicted molar refractivity (Wildman–Crippen MR) is 130 cm³/mol. The Balaban J connectivity index is 1.34. The lowest BCUT2D eigenvalue weighted by atomic mass is 10.1. The van der Waals surface area contributed by atoms with Crippen molar-refractivity contribution in [2.24, 2.45) is 0 Å². The highest BCUT2D eigenvalue weighted by molar-refractivity contribution is 5.99. The molecule has 0 spiro atoms. The van der Waals surface area contributed by atoms with Crippen molar-refractivity contribution in [1.29, 1.82) is 0 Å². The predicted octanol–water partition coefficient (Wildman–Crippen LogP) is 5.22. The van der Waals surface area contributed by atoms with E-state index in [0.717, 1.165) is 34.7 Å². The van der Waals surface area contributed by atoms with E-state index in [-0.39, 0.29) is 5.69 Å². The van der Waals surface area contributed by atoms with Crippen molar-refractivity contribution in [3.63, 3.8) is 0 Å². The number of methoxy groups -OCH3 is 2. The minimum absolute atomic E-state index is 0.0241. The molecule has 3 N–H and O–H groups in total. The SMILES string of the molecule is COc1cc2ncnc(NCCc3ccc(NC(=O)Nc4cc(F)cc(F)c4)cc3)c2cc1OC. The second-order valence-electron chi connectivity index (χ2n) is 7.56. The number of benzene rings is 3. The summed E-state index contributed by atoms with van der Waals surface area (Å²) in [5, 5.41) is 9.16. The molecule has 4 rings (SSSR count). The van der Waals surface area contributed by atoms with Crippen LogP contribution in [0.5, 0.6) is 11.5 Å². The Morgan fingerprint density at radius 3 is 2.20 bits per heavy atom. The maximum atomic E-state index is 13.3. The molecule has 3 aromatic carbocycles. The molecular weight excluding hydrogens is 456 g/mol. The third-order valence-electron chi connectivity index (χ3n) is 5.18. The number of aromatic nitrogens is 2. The molecular formula is C25H23F2N5O3. The number of anilines is 3. The third-order valence-corrected chi connectivity index (χ3v) is 5.18. The molecule has 0 saturated carbocycles. The Bertz CT molecular complexity index is 1330. The fourth-order valence-electron chi connectivity index (χ4n) is 3.52. The molecule has 4 aromatic rings. The fourth-order valence-corrected chi connectivity index (χ4v) is 3.52. The van der Waals surface area contributed by atoms with E-state index in [1.807, 2.05) is 18.2 Å². The number of hydrogen-bond donors (Lipinski definition) is 3. The summed E-state index contributed by atoms with van der Waals surface area (Å²) in [7, 11) is 3.15. The number of nitrogens with zero attached hydrogens (tertiary/aromatic N) is 2. The molecule has 180 valence electrons. The number of urea groups is 1. The Morgan fingerprint density at radius 1 is 0.857 bits per heavy atom. The molecule has 0 aliphatic heterocycles.